The van der Waals surface area contributed by atoms with E-state index < -0.39 is 39.1 Å². The molecule has 0 aromatic heterocycles. The lowest BCUT2D eigenvalue weighted by Gasteiger charge is -2.33. The molecule has 46 heavy (non-hydrogen) atoms. The molecule has 1 heterocycles. The minimum absolute atomic E-state index is 0.0187. The van der Waals surface area contributed by atoms with E-state index in [1.54, 1.807) is 4.90 Å². The number of rotatable bonds is 10. The third-order valence-electron chi connectivity index (χ3n) is 6.92. The first-order chi connectivity index (χ1) is 21.7. The van der Waals surface area contributed by atoms with Crippen LogP contribution in [0.15, 0.2) is 77.7 Å². The van der Waals surface area contributed by atoms with Gasteiger partial charge in [-0.3, -0.25) is 9.59 Å². The normalized spacial score (nSPS) is 13.9. The van der Waals surface area contributed by atoms with Crippen molar-refractivity contribution in [3.63, 3.8) is 0 Å². The molecule has 11 nitrogen and oxygen atoms in total. The van der Waals surface area contributed by atoms with Crippen LogP contribution in [-0.4, -0.2) is 63.0 Å². The molecule has 3 amide bonds. The van der Waals surface area contributed by atoms with Crippen LogP contribution in [0, 0.1) is 17.6 Å². The Kier molecular flexibility index (Phi) is 10.8. The van der Waals surface area contributed by atoms with E-state index >= 15 is 0 Å². The van der Waals surface area contributed by atoms with E-state index in [0.717, 1.165) is 24.3 Å². The van der Waals surface area contributed by atoms with Crippen molar-refractivity contribution < 1.29 is 41.2 Å². The van der Waals surface area contributed by atoms with Gasteiger partial charge in [0.05, 0.1) is 17.1 Å². The molecule has 0 bridgehead atoms. The maximum atomic E-state index is 14.0. The summed E-state index contributed by atoms with van der Waals surface area (Å²) >= 11 is 0. The maximum absolute atomic E-state index is 14.0. The van der Waals surface area contributed by atoms with Gasteiger partial charge in [-0.25, -0.2) is 13.6 Å². The highest BCUT2D eigenvalue weighted by Crippen LogP contribution is 2.27. The van der Waals surface area contributed by atoms with Gasteiger partial charge in [-0.1, -0.05) is 10.5 Å². The first kappa shape index (κ1) is 34.2. The molecule has 0 radical (unpaired) electrons. The van der Waals surface area contributed by atoms with Gasteiger partial charge in [0, 0.05) is 31.3 Å². The second kappa shape index (κ2) is 14.6. The highest BCUT2D eigenvalue weighted by Gasteiger charge is 2.29. The molecule has 0 atom stereocenters. The zero-order valence-corrected chi connectivity index (χ0v) is 26.5. The third kappa shape index (κ3) is 9.39. The van der Waals surface area contributed by atoms with Crippen molar-refractivity contribution >= 4 is 33.6 Å². The Labute approximate surface area is 266 Å². The fraction of sp³-hybridized carbons (Fsp3) is 0.344. The number of hydrogen-bond acceptors (Lipinski definition) is 7. The van der Waals surface area contributed by atoms with Gasteiger partial charge in [0.25, 0.3) is 15.9 Å². The number of likely N-dealkylation sites (tertiary alicyclic amines) is 1. The van der Waals surface area contributed by atoms with E-state index in [0.29, 0.717) is 36.9 Å². The number of benzene rings is 3. The number of sulfonamides is 1. The Morgan fingerprint density at radius 2 is 1.57 bits per heavy atom. The number of hydrogen-bond donors (Lipinski definition) is 2. The molecule has 2 N–H and O–H groups in total. The maximum Gasteiger partial charge on any atom is 0.410 e. The summed E-state index contributed by atoms with van der Waals surface area (Å²) in [5.41, 5.74) is -0.623. The predicted octanol–water partition coefficient (Wildman–Crippen LogP) is 4.65. The van der Waals surface area contributed by atoms with Gasteiger partial charge in [-0.15, -0.1) is 0 Å². The van der Waals surface area contributed by atoms with E-state index in [1.807, 2.05) is 20.8 Å². The lowest BCUT2D eigenvalue weighted by Crippen LogP contribution is -2.44. The zero-order valence-electron chi connectivity index (χ0n) is 25.7. The summed E-state index contributed by atoms with van der Waals surface area (Å²) in [6.07, 6.45) is 1.05. The molecule has 1 fully saturated rings. The largest absolute Gasteiger partial charge is 0.444 e. The molecule has 3 aromatic carbocycles. The molecular weight excluding hydrogens is 622 g/mol. The lowest BCUT2D eigenvalue weighted by molar-refractivity contribution is -0.120. The summed E-state index contributed by atoms with van der Waals surface area (Å²) in [4.78, 5) is 44.2. The third-order valence-corrected chi connectivity index (χ3v) is 8.51. The molecule has 1 saturated heterocycles. The molecular formula is C32H36F2N4O7S. The van der Waals surface area contributed by atoms with Crippen molar-refractivity contribution in [3.8, 4) is 5.75 Å². The fourth-order valence-electron chi connectivity index (χ4n) is 4.52. The molecule has 0 spiro atoms. The minimum Gasteiger partial charge on any atom is -0.444 e. The molecule has 0 aliphatic carbocycles. The molecule has 1 aliphatic heterocycles. The number of nitrogens with one attached hydrogen (secondary N) is 2. The quantitative estimate of drug-likeness (QED) is 0.303. The number of ether oxygens (including phenoxy) is 1. The van der Waals surface area contributed by atoms with Crippen molar-refractivity contribution in [2.24, 2.45) is 5.92 Å². The van der Waals surface area contributed by atoms with Crippen LogP contribution in [-0.2, 0) is 19.6 Å². The number of carbonyl (C=O) groups is 3. The number of anilines is 1. The Balaban J connectivity index is 1.31. The lowest BCUT2D eigenvalue weighted by atomic mass is 9.97. The summed E-state index contributed by atoms with van der Waals surface area (Å²) in [7, 11) is -4.46. The average molecular weight is 659 g/mol. The summed E-state index contributed by atoms with van der Waals surface area (Å²) in [6.45, 7) is 6.57. The van der Waals surface area contributed by atoms with Crippen molar-refractivity contribution in [2.45, 2.75) is 44.1 Å². The van der Waals surface area contributed by atoms with Crippen molar-refractivity contribution in [3.05, 3.63) is 90.0 Å². The number of amides is 3. The standard InChI is InChI=1S/C32H36F2N4O7S/c1-32(2,3)44-31(41)37-17-15-22(16-18-37)20-35-29(39)21-36-30(40)23-7-13-28(14-8-23)46(42,43)38(26-6-4-5-25(34)19-26)45-27-11-9-24(33)10-12-27/h4-14,19,22H,15-18,20-21H2,1-3H3,(H,35,39)(H,36,40). The van der Waals surface area contributed by atoms with E-state index in [2.05, 4.69) is 10.6 Å². The van der Waals surface area contributed by atoms with Gasteiger partial charge < -0.3 is 25.1 Å². The smallest absolute Gasteiger partial charge is 0.410 e. The van der Waals surface area contributed by atoms with Gasteiger partial charge in [0.2, 0.25) is 5.91 Å². The monoisotopic (exact) mass is 658 g/mol. The van der Waals surface area contributed by atoms with Gasteiger partial charge in [0.1, 0.15) is 17.2 Å². The number of carbonyl (C=O) groups excluding carboxylic acids is 3. The number of nitrogens with zero attached hydrogens (tertiary/aromatic N) is 2. The SMILES string of the molecule is CC(C)(C)OC(=O)N1CCC(CNC(=O)CNC(=O)c2ccc(S(=O)(=O)N(Oc3ccc(F)cc3)c3cccc(F)c3)cc2)CC1. The Bertz CT molecular complexity index is 1640. The van der Waals surface area contributed by atoms with Gasteiger partial charge in [0.15, 0.2) is 5.75 Å². The second-order valence-electron chi connectivity index (χ2n) is 11.7. The van der Waals surface area contributed by atoms with Crippen LogP contribution in [0.25, 0.3) is 0 Å². The first-order valence-electron chi connectivity index (χ1n) is 14.6. The Morgan fingerprint density at radius 3 is 2.17 bits per heavy atom. The Morgan fingerprint density at radius 1 is 0.913 bits per heavy atom. The predicted molar refractivity (Wildman–Crippen MR) is 165 cm³/mol. The topological polar surface area (TPSA) is 134 Å². The van der Waals surface area contributed by atoms with Crippen molar-refractivity contribution in [2.75, 3.05) is 30.6 Å². The first-order valence-corrected chi connectivity index (χ1v) is 16.0. The van der Waals surface area contributed by atoms with Crippen molar-refractivity contribution in [1.29, 1.82) is 0 Å². The molecule has 3 aromatic rings. The summed E-state index contributed by atoms with van der Waals surface area (Å²) in [5, 5.41) is 5.29. The van der Waals surface area contributed by atoms with E-state index in [-0.39, 0.29) is 40.5 Å². The summed E-state index contributed by atoms with van der Waals surface area (Å²) in [6, 6.07) is 14.2. The minimum atomic E-state index is -4.46. The number of halogens is 2. The highest BCUT2D eigenvalue weighted by molar-refractivity contribution is 7.92. The van der Waals surface area contributed by atoms with Crippen LogP contribution in [0.1, 0.15) is 44.0 Å². The highest BCUT2D eigenvalue weighted by atomic mass is 32.2. The summed E-state index contributed by atoms with van der Waals surface area (Å²) < 4.78 is 60.4. The molecule has 14 heteroatoms. The fourth-order valence-corrected chi connectivity index (χ4v) is 5.77. The van der Waals surface area contributed by atoms with Crippen LogP contribution in [0.4, 0.5) is 19.3 Å². The average Bonchev–Trinajstić information content (AvgIpc) is 3.01. The van der Waals surface area contributed by atoms with Crippen LogP contribution in [0.3, 0.4) is 0 Å². The van der Waals surface area contributed by atoms with E-state index in [9.17, 15) is 31.6 Å². The van der Waals surface area contributed by atoms with Gasteiger partial charge in [-0.2, -0.15) is 8.42 Å². The molecule has 0 saturated carbocycles. The summed E-state index contributed by atoms with van der Waals surface area (Å²) in [5.74, 6) is -2.11. The van der Waals surface area contributed by atoms with Gasteiger partial charge >= 0.3 is 6.09 Å². The van der Waals surface area contributed by atoms with E-state index in [4.69, 9.17) is 9.57 Å². The van der Waals surface area contributed by atoms with E-state index in [1.165, 1.54) is 48.5 Å². The zero-order chi connectivity index (χ0) is 33.5. The molecule has 1 aliphatic rings. The molecule has 0 unspecified atom stereocenters. The van der Waals surface area contributed by atoms with Gasteiger partial charge in [-0.05, 0) is 100 Å². The number of piperidine rings is 1. The molecule has 246 valence electrons. The van der Waals surface area contributed by atoms with Crippen LogP contribution in [0.2, 0.25) is 0 Å². The Hall–Kier alpha value is -4.72. The van der Waals surface area contributed by atoms with Crippen LogP contribution in [0.5, 0.6) is 5.75 Å². The second-order valence-corrected chi connectivity index (χ2v) is 13.4. The van der Waals surface area contributed by atoms with Crippen LogP contribution >= 0.6 is 0 Å². The van der Waals surface area contributed by atoms with Crippen molar-refractivity contribution in [1.82, 2.24) is 15.5 Å². The van der Waals surface area contributed by atoms with Crippen LogP contribution < -0.4 is 19.9 Å². The molecule has 4 rings (SSSR count).